The van der Waals surface area contributed by atoms with E-state index in [0.717, 1.165) is 11.2 Å². The molecule has 0 radical (unpaired) electrons. The molecule has 0 aliphatic rings. The van der Waals surface area contributed by atoms with Gasteiger partial charge in [-0.25, -0.2) is 0 Å². The standard InChI is InChI=1S/C56H32OS/c1-2-10-34-28-40(21-17-33(34)9-1)54-42-11-3-5-13-44(42)55(45-14-6-4-12-43(45)54)41-22-20-35-27-36(18-19-37(35)29-41)38-24-26-52-48(30-38)49-32-47-39(31-53(49)58-52)23-25-51-56(47)46-15-7-8-16-50(46)57-51/h1-32H. The van der Waals surface area contributed by atoms with Crippen molar-refractivity contribution in [2.24, 2.45) is 0 Å². The SMILES string of the molecule is c1ccc2cc(-c3c4ccccc4c(-c4ccc5cc(-c6ccc7sc8cc9ccc%10oc%11ccccc%11c%10c9cc8c7c6)ccc5c4)c4ccccc34)ccc2c1. The third-order valence-electron chi connectivity index (χ3n) is 12.4. The molecule has 1 nitrogen and oxygen atoms in total. The van der Waals surface area contributed by atoms with Gasteiger partial charge in [-0.15, -0.1) is 11.3 Å². The van der Waals surface area contributed by atoms with Crippen LogP contribution >= 0.6 is 11.3 Å². The first-order valence-electron chi connectivity index (χ1n) is 19.9. The minimum Gasteiger partial charge on any atom is -0.456 e. The molecule has 0 saturated heterocycles. The summed E-state index contributed by atoms with van der Waals surface area (Å²) in [4.78, 5) is 0. The normalized spacial score (nSPS) is 12.1. The zero-order valence-corrected chi connectivity index (χ0v) is 32.1. The van der Waals surface area contributed by atoms with Crippen molar-refractivity contribution in [3.05, 3.63) is 194 Å². The highest BCUT2D eigenvalue weighted by Gasteiger charge is 2.18. The first-order valence-corrected chi connectivity index (χ1v) is 20.7. The van der Waals surface area contributed by atoms with E-state index in [9.17, 15) is 0 Å². The van der Waals surface area contributed by atoms with Gasteiger partial charge >= 0.3 is 0 Å². The Labute approximate surface area is 337 Å². The van der Waals surface area contributed by atoms with Crippen molar-refractivity contribution in [3.8, 4) is 33.4 Å². The number of fused-ring (bicyclic) bond motifs is 12. The average Bonchev–Trinajstić information content (AvgIpc) is 3.84. The average molecular weight is 753 g/mol. The summed E-state index contributed by atoms with van der Waals surface area (Å²) in [5.74, 6) is 0. The molecule has 0 spiro atoms. The second kappa shape index (κ2) is 12.1. The minimum absolute atomic E-state index is 0.933. The van der Waals surface area contributed by atoms with Gasteiger partial charge in [-0.1, -0.05) is 140 Å². The van der Waals surface area contributed by atoms with Gasteiger partial charge < -0.3 is 4.42 Å². The molecule has 268 valence electrons. The second-order valence-corrected chi connectivity index (χ2v) is 16.7. The Morgan fingerprint density at radius 1 is 0.276 bits per heavy atom. The molecule has 0 unspecified atom stereocenters. The summed E-state index contributed by atoms with van der Waals surface area (Å²) in [6.07, 6.45) is 0. The molecule has 13 aromatic rings. The molecule has 0 amide bonds. The second-order valence-electron chi connectivity index (χ2n) is 15.6. The lowest BCUT2D eigenvalue weighted by atomic mass is 9.85. The van der Waals surface area contributed by atoms with E-state index in [1.165, 1.54) is 118 Å². The molecule has 0 bridgehead atoms. The summed E-state index contributed by atoms with van der Waals surface area (Å²) in [7, 11) is 0. The Balaban J connectivity index is 0.939. The highest BCUT2D eigenvalue weighted by molar-refractivity contribution is 7.25. The monoisotopic (exact) mass is 752 g/mol. The van der Waals surface area contributed by atoms with E-state index < -0.39 is 0 Å². The van der Waals surface area contributed by atoms with Crippen LogP contribution in [-0.4, -0.2) is 0 Å². The van der Waals surface area contributed by atoms with E-state index in [2.05, 4.69) is 188 Å². The predicted molar refractivity (Wildman–Crippen MR) is 250 cm³/mol. The summed E-state index contributed by atoms with van der Waals surface area (Å²) < 4.78 is 8.87. The molecule has 58 heavy (non-hydrogen) atoms. The molecule has 0 N–H and O–H groups in total. The van der Waals surface area contributed by atoms with Crippen molar-refractivity contribution >= 4 is 107 Å². The molecule has 0 aliphatic heterocycles. The number of para-hydroxylation sites is 1. The maximum Gasteiger partial charge on any atom is 0.136 e. The third kappa shape index (κ3) is 4.70. The fraction of sp³-hybridized carbons (Fsp3) is 0. The van der Waals surface area contributed by atoms with Crippen molar-refractivity contribution in [2.75, 3.05) is 0 Å². The van der Waals surface area contributed by atoms with Crippen LogP contribution in [0.1, 0.15) is 0 Å². The van der Waals surface area contributed by atoms with E-state index in [0.29, 0.717) is 0 Å². The van der Waals surface area contributed by atoms with Gasteiger partial charge in [0, 0.05) is 30.9 Å². The van der Waals surface area contributed by atoms with E-state index in [-0.39, 0.29) is 0 Å². The van der Waals surface area contributed by atoms with Crippen LogP contribution in [0.2, 0.25) is 0 Å². The van der Waals surface area contributed by atoms with Crippen LogP contribution in [0.15, 0.2) is 199 Å². The lowest BCUT2D eigenvalue weighted by Crippen LogP contribution is -1.91. The fourth-order valence-electron chi connectivity index (χ4n) is 9.67. The van der Waals surface area contributed by atoms with E-state index in [4.69, 9.17) is 4.42 Å². The van der Waals surface area contributed by atoms with Gasteiger partial charge in [0.25, 0.3) is 0 Å². The van der Waals surface area contributed by atoms with E-state index >= 15 is 0 Å². The Morgan fingerprint density at radius 3 is 1.48 bits per heavy atom. The molecular formula is C56H32OS. The summed E-state index contributed by atoms with van der Waals surface area (Å²) in [5.41, 5.74) is 9.37. The Kier molecular flexibility index (Phi) is 6.66. The highest BCUT2D eigenvalue weighted by Crippen LogP contribution is 2.46. The first kappa shape index (κ1) is 31.9. The van der Waals surface area contributed by atoms with E-state index in [1.807, 2.05) is 17.4 Å². The molecule has 11 aromatic carbocycles. The van der Waals surface area contributed by atoms with Crippen LogP contribution in [0.25, 0.3) is 129 Å². The van der Waals surface area contributed by atoms with Gasteiger partial charge in [0.1, 0.15) is 11.2 Å². The van der Waals surface area contributed by atoms with Gasteiger partial charge in [-0.2, -0.15) is 0 Å². The van der Waals surface area contributed by atoms with Gasteiger partial charge in [0.15, 0.2) is 0 Å². The number of furan rings is 1. The predicted octanol–water partition coefficient (Wildman–Crippen LogP) is 16.7. The largest absolute Gasteiger partial charge is 0.456 e. The molecule has 0 saturated carbocycles. The summed E-state index contributed by atoms with van der Waals surface area (Å²) in [5, 5.41) is 17.5. The maximum absolute atomic E-state index is 6.26. The molecule has 2 heteroatoms. The number of hydrogen-bond donors (Lipinski definition) is 0. The van der Waals surface area contributed by atoms with Crippen molar-refractivity contribution < 1.29 is 4.42 Å². The number of thiophene rings is 1. The minimum atomic E-state index is 0.933. The summed E-state index contributed by atoms with van der Waals surface area (Å²) in [6, 6.07) is 71.7. The first-order chi connectivity index (χ1) is 28.7. The summed E-state index contributed by atoms with van der Waals surface area (Å²) >= 11 is 1.87. The number of hydrogen-bond acceptors (Lipinski definition) is 2. The third-order valence-corrected chi connectivity index (χ3v) is 13.5. The van der Waals surface area contributed by atoms with Gasteiger partial charge in [0.05, 0.1) is 0 Å². The lowest BCUT2D eigenvalue weighted by Gasteiger charge is -2.18. The van der Waals surface area contributed by atoms with Crippen LogP contribution in [0, 0.1) is 0 Å². The summed E-state index contributed by atoms with van der Waals surface area (Å²) in [6.45, 7) is 0. The van der Waals surface area contributed by atoms with E-state index in [1.54, 1.807) is 0 Å². The van der Waals surface area contributed by atoms with Crippen molar-refractivity contribution in [2.45, 2.75) is 0 Å². The quantitative estimate of drug-likeness (QED) is 0.164. The van der Waals surface area contributed by atoms with Crippen LogP contribution < -0.4 is 0 Å². The lowest BCUT2D eigenvalue weighted by molar-refractivity contribution is 0.669. The Bertz CT molecular complexity index is 3810. The smallest absolute Gasteiger partial charge is 0.136 e. The number of rotatable bonds is 3. The van der Waals surface area contributed by atoms with Crippen molar-refractivity contribution in [1.29, 1.82) is 0 Å². The van der Waals surface area contributed by atoms with Crippen LogP contribution in [0.5, 0.6) is 0 Å². The van der Waals surface area contributed by atoms with Crippen molar-refractivity contribution in [1.82, 2.24) is 0 Å². The van der Waals surface area contributed by atoms with Crippen LogP contribution in [0.3, 0.4) is 0 Å². The Morgan fingerprint density at radius 2 is 0.776 bits per heavy atom. The zero-order chi connectivity index (χ0) is 37.9. The van der Waals surface area contributed by atoms with Crippen LogP contribution in [-0.2, 0) is 0 Å². The molecule has 0 fully saturated rings. The molecule has 2 aromatic heterocycles. The molecular weight excluding hydrogens is 721 g/mol. The zero-order valence-electron chi connectivity index (χ0n) is 31.3. The van der Waals surface area contributed by atoms with Gasteiger partial charge in [-0.05, 0) is 142 Å². The van der Waals surface area contributed by atoms with Gasteiger partial charge in [0.2, 0.25) is 0 Å². The van der Waals surface area contributed by atoms with Crippen LogP contribution in [0.4, 0.5) is 0 Å². The Hall–Kier alpha value is -7.26. The number of benzene rings is 11. The van der Waals surface area contributed by atoms with Crippen molar-refractivity contribution in [3.63, 3.8) is 0 Å². The maximum atomic E-state index is 6.26. The molecule has 0 aliphatic carbocycles. The fourth-order valence-corrected chi connectivity index (χ4v) is 10.8. The van der Waals surface area contributed by atoms with Gasteiger partial charge in [-0.3, -0.25) is 0 Å². The highest BCUT2D eigenvalue weighted by atomic mass is 32.1. The molecule has 0 atom stereocenters. The molecule has 13 rings (SSSR count). The topological polar surface area (TPSA) is 13.1 Å². The molecule has 2 heterocycles.